The third kappa shape index (κ3) is 2.78. The quantitative estimate of drug-likeness (QED) is 0.930. The van der Waals surface area contributed by atoms with Crippen LogP contribution in [0.25, 0.3) is 11.1 Å². The summed E-state index contributed by atoms with van der Waals surface area (Å²) in [4.78, 5) is 0. The van der Waals surface area contributed by atoms with Crippen LogP contribution in [0.5, 0.6) is 0 Å². The standard InChI is InChI=1S/C20H22O3S/c21-20(13-18-10-11-19(14-20)24(18,22)23)12-15-6-8-17(9-7-15)16-4-2-1-3-5-16/h1-9,18-19,21H,10-14H2. The fraction of sp³-hybridized carbons (Fsp3) is 0.400. The molecule has 0 radical (unpaired) electrons. The van der Waals surface area contributed by atoms with E-state index in [2.05, 4.69) is 24.3 Å². The van der Waals surface area contributed by atoms with E-state index in [0.717, 1.165) is 11.1 Å². The Bertz CT molecular complexity index is 805. The Kier molecular flexibility index (Phi) is 3.77. The van der Waals surface area contributed by atoms with Gasteiger partial charge in [-0.2, -0.15) is 0 Å². The van der Waals surface area contributed by atoms with E-state index in [9.17, 15) is 13.5 Å². The van der Waals surface area contributed by atoms with Crippen LogP contribution in [0.4, 0.5) is 0 Å². The van der Waals surface area contributed by atoms with E-state index >= 15 is 0 Å². The van der Waals surface area contributed by atoms with Crippen LogP contribution in [0.3, 0.4) is 0 Å². The molecule has 1 N–H and O–H groups in total. The van der Waals surface area contributed by atoms with Crippen molar-refractivity contribution in [3.05, 3.63) is 60.2 Å². The summed E-state index contributed by atoms with van der Waals surface area (Å²) in [5.74, 6) is 0. The summed E-state index contributed by atoms with van der Waals surface area (Å²) in [7, 11) is -3.00. The number of rotatable bonds is 3. The lowest BCUT2D eigenvalue weighted by atomic mass is 9.86. The molecule has 4 heteroatoms. The predicted molar refractivity (Wildman–Crippen MR) is 95.5 cm³/mol. The number of hydrogen-bond acceptors (Lipinski definition) is 3. The van der Waals surface area contributed by atoms with E-state index in [0.29, 0.717) is 32.1 Å². The molecule has 0 saturated carbocycles. The summed E-state index contributed by atoms with van der Waals surface area (Å²) in [6.07, 6.45) is 2.72. The van der Waals surface area contributed by atoms with Gasteiger partial charge in [-0.3, -0.25) is 0 Å². The third-order valence-corrected chi connectivity index (χ3v) is 8.21. The highest BCUT2D eigenvalue weighted by atomic mass is 32.2. The van der Waals surface area contributed by atoms with Gasteiger partial charge in [0.1, 0.15) is 0 Å². The molecule has 0 amide bonds. The van der Waals surface area contributed by atoms with Crippen LogP contribution >= 0.6 is 0 Å². The van der Waals surface area contributed by atoms with Crippen LogP contribution < -0.4 is 0 Å². The average molecular weight is 342 g/mol. The summed E-state index contributed by atoms with van der Waals surface area (Å²) in [5.41, 5.74) is 2.50. The van der Waals surface area contributed by atoms with Crippen LogP contribution in [-0.4, -0.2) is 29.6 Å². The minimum absolute atomic E-state index is 0.343. The molecule has 0 spiro atoms. The van der Waals surface area contributed by atoms with E-state index in [4.69, 9.17) is 0 Å². The van der Waals surface area contributed by atoms with Crippen molar-refractivity contribution in [2.45, 2.75) is 48.2 Å². The molecular formula is C20H22O3S. The minimum Gasteiger partial charge on any atom is -0.389 e. The molecule has 3 nitrogen and oxygen atoms in total. The molecule has 0 aromatic heterocycles. The average Bonchev–Trinajstić information content (AvgIpc) is 2.74. The van der Waals surface area contributed by atoms with Gasteiger partial charge in [-0.25, -0.2) is 8.42 Å². The first-order chi connectivity index (χ1) is 11.5. The normalized spacial score (nSPS) is 31.0. The van der Waals surface area contributed by atoms with Gasteiger partial charge in [0, 0.05) is 6.42 Å². The number of hydrogen-bond donors (Lipinski definition) is 1. The van der Waals surface area contributed by atoms with Crippen LogP contribution in [-0.2, 0) is 16.3 Å². The van der Waals surface area contributed by atoms with Gasteiger partial charge >= 0.3 is 0 Å². The zero-order valence-corrected chi connectivity index (χ0v) is 14.4. The summed E-state index contributed by atoms with van der Waals surface area (Å²) < 4.78 is 24.4. The van der Waals surface area contributed by atoms with Crippen molar-refractivity contribution in [2.75, 3.05) is 0 Å². The van der Waals surface area contributed by atoms with Crippen molar-refractivity contribution in [2.24, 2.45) is 0 Å². The van der Waals surface area contributed by atoms with Crippen LogP contribution in [0, 0.1) is 0 Å². The molecule has 2 aliphatic rings. The molecule has 2 aromatic carbocycles. The zero-order valence-electron chi connectivity index (χ0n) is 13.6. The highest BCUT2D eigenvalue weighted by Gasteiger charge is 2.52. The zero-order chi connectivity index (χ0) is 16.8. The molecule has 0 aliphatic carbocycles. The fourth-order valence-electron chi connectivity index (χ4n) is 4.31. The van der Waals surface area contributed by atoms with Gasteiger partial charge in [-0.15, -0.1) is 0 Å². The second-order valence-electron chi connectivity index (χ2n) is 7.28. The van der Waals surface area contributed by atoms with Crippen molar-refractivity contribution in [3.63, 3.8) is 0 Å². The highest BCUT2D eigenvalue weighted by molar-refractivity contribution is 7.93. The van der Waals surface area contributed by atoms with Crippen molar-refractivity contribution in [3.8, 4) is 11.1 Å². The van der Waals surface area contributed by atoms with Gasteiger partial charge in [0.15, 0.2) is 9.84 Å². The molecule has 2 unspecified atom stereocenters. The number of benzene rings is 2. The third-order valence-electron chi connectivity index (χ3n) is 5.55. The predicted octanol–water partition coefficient (Wildman–Crippen LogP) is 3.37. The number of aliphatic hydroxyl groups is 1. The minimum atomic E-state index is -3.00. The molecule has 2 atom stereocenters. The molecule has 126 valence electrons. The first-order valence-corrected chi connectivity index (χ1v) is 10.2. The van der Waals surface area contributed by atoms with Gasteiger partial charge in [-0.1, -0.05) is 54.6 Å². The maximum atomic E-state index is 12.2. The van der Waals surface area contributed by atoms with Gasteiger partial charge in [0.2, 0.25) is 0 Å². The lowest BCUT2D eigenvalue weighted by Gasteiger charge is -2.36. The van der Waals surface area contributed by atoms with E-state index in [1.54, 1.807) is 0 Å². The Hall–Kier alpha value is -1.65. The Morgan fingerprint density at radius 3 is 2.00 bits per heavy atom. The van der Waals surface area contributed by atoms with Gasteiger partial charge < -0.3 is 5.11 Å². The van der Waals surface area contributed by atoms with Crippen molar-refractivity contribution in [1.29, 1.82) is 0 Å². The lowest BCUT2D eigenvalue weighted by Crippen LogP contribution is -2.46. The van der Waals surface area contributed by atoms with Gasteiger partial charge in [0.05, 0.1) is 16.1 Å². The molecule has 2 aromatic rings. The maximum Gasteiger partial charge on any atom is 0.156 e. The molecule has 2 aliphatic heterocycles. The smallest absolute Gasteiger partial charge is 0.156 e. The van der Waals surface area contributed by atoms with Gasteiger partial charge in [0.25, 0.3) is 0 Å². The fourth-order valence-corrected chi connectivity index (χ4v) is 6.87. The van der Waals surface area contributed by atoms with Crippen LogP contribution in [0.2, 0.25) is 0 Å². The number of fused-ring (bicyclic) bond motifs is 2. The SMILES string of the molecule is O=S1(=O)C2CCC1CC(O)(Cc1ccc(-c3ccccc3)cc1)C2. The highest BCUT2D eigenvalue weighted by Crippen LogP contribution is 2.44. The maximum absolute atomic E-state index is 12.2. The van der Waals surface area contributed by atoms with Crippen molar-refractivity contribution < 1.29 is 13.5 Å². The van der Waals surface area contributed by atoms with E-state index < -0.39 is 15.4 Å². The molecule has 2 fully saturated rings. The molecule has 24 heavy (non-hydrogen) atoms. The van der Waals surface area contributed by atoms with E-state index in [1.165, 1.54) is 5.56 Å². The van der Waals surface area contributed by atoms with E-state index in [1.807, 2.05) is 30.3 Å². The lowest BCUT2D eigenvalue weighted by molar-refractivity contribution is 0.0219. The molecule has 2 saturated heterocycles. The van der Waals surface area contributed by atoms with E-state index in [-0.39, 0.29) is 10.5 Å². The van der Waals surface area contributed by atoms with Crippen molar-refractivity contribution in [1.82, 2.24) is 0 Å². The topological polar surface area (TPSA) is 54.4 Å². The Labute approximate surface area is 143 Å². The number of sulfone groups is 1. The summed E-state index contributed by atoms with van der Waals surface area (Å²) in [6, 6.07) is 18.4. The monoisotopic (exact) mass is 342 g/mol. The Morgan fingerprint density at radius 2 is 1.42 bits per heavy atom. The summed E-state index contributed by atoms with van der Waals surface area (Å²) >= 11 is 0. The summed E-state index contributed by atoms with van der Waals surface area (Å²) in [5, 5.41) is 10.3. The first-order valence-electron chi connectivity index (χ1n) is 8.56. The Balaban J connectivity index is 1.52. The van der Waals surface area contributed by atoms with Gasteiger partial charge in [-0.05, 0) is 42.4 Å². The molecule has 2 bridgehead atoms. The second kappa shape index (κ2) is 5.71. The largest absolute Gasteiger partial charge is 0.389 e. The van der Waals surface area contributed by atoms with Crippen LogP contribution in [0.1, 0.15) is 31.2 Å². The summed E-state index contributed by atoms with van der Waals surface area (Å²) in [6.45, 7) is 0. The molecule has 2 heterocycles. The second-order valence-corrected chi connectivity index (χ2v) is 9.79. The Morgan fingerprint density at radius 1 is 0.875 bits per heavy atom. The molecular weight excluding hydrogens is 320 g/mol. The first kappa shape index (κ1) is 15.9. The molecule has 4 rings (SSSR count). The van der Waals surface area contributed by atoms with Crippen LogP contribution in [0.15, 0.2) is 54.6 Å². The van der Waals surface area contributed by atoms with Crippen molar-refractivity contribution >= 4 is 9.84 Å².